The van der Waals surface area contributed by atoms with Gasteiger partial charge in [0.05, 0.1) is 5.69 Å². The van der Waals surface area contributed by atoms with Crippen LogP contribution in [-0.4, -0.2) is 36.7 Å². The molecule has 2 heterocycles. The van der Waals surface area contributed by atoms with E-state index < -0.39 is 6.10 Å². The molecule has 0 fully saturated rings. The number of ether oxygens (including phenoxy) is 2. The molecule has 6 heteroatoms. The Balaban J connectivity index is 1.43. The fraction of sp³-hybridized carbons (Fsp3) is 0.250. The average molecular weight is 299 g/mol. The molecule has 3 rings (SSSR count). The molecule has 0 bridgehead atoms. The van der Waals surface area contributed by atoms with Crippen molar-refractivity contribution in [2.24, 2.45) is 0 Å². The summed E-state index contributed by atoms with van der Waals surface area (Å²) in [5.74, 6) is 1.09. The van der Waals surface area contributed by atoms with Crippen LogP contribution in [0.25, 0.3) is 0 Å². The van der Waals surface area contributed by atoms with Gasteiger partial charge in [0.15, 0.2) is 11.5 Å². The van der Waals surface area contributed by atoms with Crippen LogP contribution in [0.5, 0.6) is 11.5 Å². The summed E-state index contributed by atoms with van der Waals surface area (Å²) in [7, 11) is 0. The number of aromatic nitrogens is 1. The topological polar surface area (TPSA) is 72.5 Å². The number of carbonyl (C=O) groups is 1. The summed E-state index contributed by atoms with van der Waals surface area (Å²) >= 11 is 0. The number of benzene rings is 1. The fourth-order valence-corrected chi connectivity index (χ4v) is 2.12. The number of para-hydroxylation sites is 2. The first-order valence-electron chi connectivity index (χ1n) is 7.13. The Morgan fingerprint density at radius 3 is 2.86 bits per heavy atom. The molecule has 1 unspecified atom stereocenters. The SMILES string of the molecule is O=C(NCCNc1cccnc1)C1COc2ccccc2O1. The number of fused-ring (bicyclic) bond motifs is 1. The van der Waals surface area contributed by atoms with Gasteiger partial charge in [-0.05, 0) is 24.3 Å². The Morgan fingerprint density at radius 1 is 1.18 bits per heavy atom. The third-order valence-electron chi connectivity index (χ3n) is 3.22. The molecular weight excluding hydrogens is 282 g/mol. The van der Waals surface area contributed by atoms with Crippen molar-refractivity contribution in [2.45, 2.75) is 6.10 Å². The zero-order chi connectivity index (χ0) is 15.2. The molecule has 0 spiro atoms. The summed E-state index contributed by atoms with van der Waals surface area (Å²) < 4.78 is 11.2. The number of anilines is 1. The van der Waals surface area contributed by atoms with Crippen LogP contribution in [0.2, 0.25) is 0 Å². The summed E-state index contributed by atoms with van der Waals surface area (Å²) in [6, 6.07) is 11.1. The Bertz CT molecular complexity index is 634. The number of amides is 1. The van der Waals surface area contributed by atoms with Crippen molar-refractivity contribution in [1.29, 1.82) is 0 Å². The van der Waals surface area contributed by atoms with Crippen LogP contribution in [0.15, 0.2) is 48.8 Å². The highest BCUT2D eigenvalue weighted by molar-refractivity contribution is 5.81. The largest absolute Gasteiger partial charge is 0.485 e. The minimum absolute atomic E-state index is 0.178. The summed E-state index contributed by atoms with van der Waals surface area (Å²) in [6.07, 6.45) is 2.83. The molecular formula is C16H17N3O3. The van der Waals surface area contributed by atoms with Crippen LogP contribution in [0, 0.1) is 0 Å². The molecule has 6 nitrogen and oxygen atoms in total. The fourth-order valence-electron chi connectivity index (χ4n) is 2.12. The predicted octanol–water partition coefficient (Wildman–Crippen LogP) is 1.45. The van der Waals surface area contributed by atoms with Gasteiger partial charge < -0.3 is 20.1 Å². The van der Waals surface area contributed by atoms with Gasteiger partial charge in [0, 0.05) is 25.5 Å². The Morgan fingerprint density at radius 2 is 2.05 bits per heavy atom. The third kappa shape index (κ3) is 3.46. The monoisotopic (exact) mass is 299 g/mol. The van der Waals surface area contributed by atoms with Gasteiger partial charge in [0.2, 0.25) is 6.10 Å². The molecule has 1 aliphatic heterocycles. The maximum Gasteiger partial charge on any atom is 0.264 e. The van der Waals surface area contributed by atoms with Gasteiger partial charge in [-0.2, -0.15) is 0 Å². The van der Waals surface area contributed by atoms with E-state index in [1.807, 2.05) is 30.3 Å². The highest BCUT2D eigenvalue weighted by atomic mass is 16.6. The van der Waals surface area contributed by atoms with E-state index in [1.165, 1.54) is 0 Å². The molecule has 0 aliphatic carbocycles. The van der Waals surface area contributed by atoms with E-state index in [-0.39, 0.29) is 12.5 Å². The minimum Gasteiger partial charge on any atom is -0.485 e. The third-order valence-corrected chi connectivity index (χ3v) is 3.22. The van der Waals surface area contributed by atoms with Crippen molar-refractivity contribution in [3.63, 3.8) is 0 Å². The van der Waals surface area contributed by atoms with Gasteiger partial charge in [0.1, 0.15) is 6.61 Å². The van der Waals surface area contributed by atoms with Gasteiger partial charge in [-0.1, -0.05) is 12.1 Å². The second kappa shape index (κ2) is 6.80. The normalized spacial score (nSPS) is 15.9. The van der Waals surface area contributed by atoms with Crippen LogP contribution in [0.3, 0.4) is 0 Å². The molecule has 0 saturated carbocycles. The molecule has 22 heavy (non-hydrogen) atoms. The second-order valence-electron chi connectivity index (χ2n) is 4.82. The summed E-state index contributed by atoms with van der Waals surface area (Å²) in [4.78, 5) is 16.1. The Hall–Kier alpha value is -2.76. The molecule has 1 aromatic heterocycles. The Kier molecular flexibility index (Phi) is 4.38. The standard InChI is InChI=1S/C16H17N3O3/c20-16(19-9-8-18-12-4-3-7-17-10-12)15-11-21-13-5-1-2-6-14(13)22-15/h1-7,10,15,18H,8-9,11H2,(H,19,20). The van der Waals surface area contributed by atoms with Crippen molar-refractivity contribution < 1.29 is 14.3 Å². The van der Waals surface area contributed by atoms with E-state index in [2.05, 4.69) is 15.6 Å². The minimum atomic E-state index is -0.617. The van der Waals surface area contributed by atoms with Crippen LogP contribution >= 0.6 is 0 Å². The summed E-state index contributed by atoms with van der Waals surface area (Å²) in [5, 5.41) is 6.00. The van der Waals surface area contributed by atoms with Crippen molar-refractivity contribution in [1.82, 2.24) is 10.3 Å². The molecule has 1 amide bonds. The van der Waals surface area contributed by atoms with Crippen LogP contribution in [0.1, 0.15) is 0 Å². The van der Waals surface area contributed by atoms with Crippen molar-refractivity contribution >= 4 is 11.6 Å². The van der Waals surface area contributed by atoms with E-state index in [4.69, 9.17) is 9.47 Å². The van der Waals surface area contributed by atoms with Crippen molar-refractivity contribution in [3.8, 4) is 11.5 Å². The van der Waals surface area contributed by atoms with Gasteiger partial charge in [-0.3, -0.25) is 9.78 Å². The molecule has 0 radical (unpaired) electrons. The highest BCUT2D eigenvalue weighted by Crippen LogP contribution is 2.30. The smallest absolute Gasteiger partial charge is 0.264 e. The molecule has 114 valence electrons. The zero-order valence-electron chi connectivity index (χ0n) is 12.0. The number of rotatable bonds is 5. The first kappa shape index (κ1) is 14.2. The first-order chi connectivity index (χ1) is 10.8. The van der Waals surface area contributed by atoms with E-state index >= 15 is 0 Å². The predicted molar refractivity (Wildman–Crippen MR) is 82.1 cm³/mol. The van der Waals surface area contributed by atoms with Gasteiger partial charge >= 0.3 is 0 Å². The molecule has 2 N–H and O–H groups in total. The van der Waals surface area contributed by atoms with Gasteiger partial charge in [-0.25, -0.2) is 0 Å². The summed E-state index contributed by atoms with van der Waals surface area (Å²) in [6.45, 7) is 1.33. The average Bonchev–Trinajstić information content (AvgIpc) is 2.59. The number of nitrogens with zero attached hydrogens (tertiary/aromatic N) is 1. The quantitative estimate of drug-likeness (QED) is 0.818. The zero-order valence-corrected chi connectivity index (χ0v) is 12.0. The van der Waals surface area contributed by atoms with Crippen LogP contribution in [0.4, 0.5) is 5.69 Å². The molecule has 0 saturated heterocycles. The van der Waals surface area contributed by atoms with E-state index in [9.17, 15) is 4.79 Å². The van der Waals surface area contributed by atoms with E-state index in [1.54, 1.807) is 18.5 Å². The lowest BCUT2D eigenvalue weighted by Crippen LogP contribution is -2.45. The number of hydrogen-bond acceptors (Lipinski definition) is 5. The highest BCUT2D eigenvalue weighted by Gasteiger charge is 2.26. The lowest BCUT2D eigenvalue weighted by Gasteiger charge is -2.25. The Labute approximate surface area is 128 Å². The molecule has 1 atom stereocenters. The summed E-state index contributed by atoms with van der Waals surface area (Å²) in [5.41, 5.74) is 0.919. The number of nitrogens with one attached hydrogen (secondary N) is 2. The van der Waals surface area contributed by atoms with Crippen molar-refractivity contribution in [2.75, 3.05) is 25.0 Å². The lowest BCUT2D eigenvalue weighted by molar-refractivity contribution is -0.130. The van der Waals surface area contributed by atoms with Crippen molar-refractivity contribution in [3.05, 3.63) is 48.8 Å². The number of pyridine rings is 1. The lowest BCUT2D eigenvalue weighted by atomic mass is 10.2. The molecule has 2 aromatic rings. The maximum absolute atomic E-state index is 12.1. The first-order valence-corrected chi connectivity index (χ1v) is 7.13. The van der Waals surface area contributed by atoms with Gasteiger partial charge in [0.25, 0.3) is 5.91 Å². The molecule has 1 aromatic carbocycles. The number of carbonyl (C=O) groups excluding carboxylic acids is 1. The molecule has 1 aliphatic rings. The van der Waals surface area contributed by atoms with Crippen LogP contribution < -0.4 is 20.1 Å². The number of hydrogen-bond donors (Lipinski definition) is 2. The second-order valence-corrected chi connectivity index (χ2v) is 4.82. The van der Waals surface area contributed by atoms with E-state index in [0.29, 0.717) is 24.6 Å². The maximum atomic E-state index is 12.1. The van der Waals surface area contributed by atoms with Gasteiger partial charge in [-0.15, -0.1) is 0 Å². The van der Waals surface area contributed by atoms with Crippen LogP contribution in [-0.2, 0) is 4.79 Å². The van der Waals surface area contributed by atoms with E-state index in [0.717, 1.165) is 5.69 Å².